The zero-order valence-corrected chi connectivity index (χ0v) is 20.4. The second-order valence-electron chi connectivity index (χ2n) is 7.64. The molecule has 1 aliphatic heterocycles. The Morgan fingerprint density at radius 2 is 1.74 bits per heavy atom. The Balaban J connectivity index is 1.73. The molecular weight excluding hydrogens is 501 g/mol. The fourth-order valence-electron chi connectivity index (χ4n) is 3.56. The van der Waals surface area contributed by atoms with Crippen LogP contribution in [0, 0.1) is 5.82 Å². The Kier molecular flexibility index (Phi) is 6.66. The summed E-state index contributed by atoms with van der Waals surface area (Å²) in [6, 6.07) is 17.3. The van der Waals surface area contributed by atoms with E-state index in [1.165, 1.54) is 43.3 Å². The zero-order valence-electron chi connectivity index (χ0n) is 18.0. The van der Waals surface area contributed by atoms with Gasteiger partial charge in [-0.25, -0.2) is 12.8 Å². The van der Waals surface area contributed by atoms with Crippen molar-refractivity contribution in [2.75, 3.05) is 10.5 Å². The first-order valence-electron chi connectivity index (χ1n) is 10.3. The zero-order chi connectivity index (χ0) is 24.5. The van der Waals surface area contributed by atoms with E-state index in [0.29, 0.717) is 22.5 Å². The third-order valence-corrected chi connectivity index (χ3v) is 8.54. The molecule has 0 aromatic heterocycles. The van der Waals surface area contributed by atoms with Crippen molar-refractivity contribution in [2.24, 2.45) is 5.10 Å². The number of hydrogen-bond acceptors (Lipinski definition) is 5. The van der Waals surface area contributed by atoms with Gasteiger partial charge in [0.15, 0.2) is 0 Å². The van der Waals surface area contributed by atoms with E-state index in [1.54, 1.807) is 36.4 Å². The standard InChI is InChI=1S/C23H21ClFN3O4S2/c1-2-33(29,30)27-20-11-9-16(10-12-20)22-15-23(17-5-3-7-19(25)13-17)28(26-22)34(31,32)21-8-4-6-18(24)14-21/h3-14,23,27H,2,15H2,1H3/t23-/m0/s1. The van der Waals surface area contributed by atoms with E-state index in [1.807, 2.05) is 0 Å². The van der Waals surface area contributed by atoms with Crippen LogP contribution in [0.1, 0.15) is 30.5 Å². The Bertz CT molecular complexity index is 1460. The van der Waals surface area contributed by atoms with Gasteiger partial charge in [0, 0.05) is 17.1 Å². The summed E-state index contributed by atoms with van der Waals surface area (Å²) in [6.07, 6.45) is 0.198. The Morgan fingerprint density at radius 1 is 1.03 bits per heavy atom. The molecule has 3 aromatic rings. The lowest BCUT2D eigenvalue weighted by Crippen LogP contribution is -2.27. The number of benzene rings is 3. The molecule has 0 radical (unpaired) electrons. The van der Waals surface area contributed by atoms with Gasteiger partial charge in [0.2, 0.25) is 10.0 Å². The number of anilines is 1. The molecule has 0 saturated heterocycles. The maximum absolute atomic E-state index is 14.0. The van der Waals surface area contributed by atoms with E-state index in [4.69, 9.17) is 11.6 Å². The lowest BCUT2D eigenvalue weighted by Gasteiger charge is -2.23. The largest absolute Gasteiger partial charge is 0.284 e. The van der Waals surface area contributed by atoms with Crippen molar-refractivity contribution in [1.29, 1.82) is 0 Å². The van der Waals surface area contributed by atoms with E-state index >= 15 is 0 Å². The monoisotopic (exact) mass is 521 g/mol. The molecule has 34 heavy (non-hydrogen) atoms. The highest BCUT2D eigenvalue weighted by Crippen LogP contribution is 2.37. The second-order valence-corrected chi connectivity index (χ2v) is 11.9. The van der Waals surface area contributed by atoms with Crippen LogP contribution in [0.4, 0.5) is 10.1 Å². The van der Waals surface area contributed by atoms with E-state index in [0.717, 1.165) is 4.41 Å². The van der Waals surface area contributed by atoms with Crippen LogP contribution in [0.2, 0.25) is 5.02 Å². The van der Waals surface area contributed by atoms with Crippen LogP contribution in [0.15, 0.2) is 82.8 Å². The summed E-state index contributed by atoms with van der Waals surface area (Å²) in [4.78, 5) is -0.0317. The van der Waals surface area contributed by atoms with Gasteiger partial charge in [0.25, 0.3) is 10.0 Å². The van der Waals surface area contributed by atoms with Crippen LogP contribution in [0.3, 0.4) is 0 Å². The number of nitrogens with one attached hydrogen (secondary N) is 1. The maximum Gasteiger partial charge on any atom is 0.279 e. The van der Waals surface area contributed by atoms with Crippen molar-refractivity contribution in [3.63, 3.8) is 0 Å². The molecule has 1 N–H and O–H groups in total. The molecule has 1 aliphatic rings. The Hall–Kier alpha value is -2.95. The number of hydrazone groups is 1. The summed E-state index contributed by atoms with van der Waals surface area (Å²) in [5.74, 6) is -0.550. The van der Waals surface area contributed by atoms with Crippen LogP contribution >= 0.6 is 11.6 Å². The smallest absolute Gasteiger partial charge is 0.279 e. The van der Waals surface area contributed by atoms with Gasteiger partial charge in [-0.2, -0.15) is 17.9 Å². The first kappa shape index (κ1) is 24.2. The summed E-state index contributed by atoms with van der Waals surface area (Å²) >= 11 is 6.01. The van der Waals surface area contributed by atoms with Gasteiger partial charge < -0.3 is 0 Å². The van der Waals surface area contributed by atoms with E-state index in [2.05, 4.69) is 9.82 Å². The van der Waals surface area contributed by atoms with Gasteiger partial charge in [-0.1, -0.05) is 41.9 Å². The molecule has 3 aromatic carbocycles. The van der Waals surface area contributed by atoms with Crippen molar-refractivity contribution in [3.05, 3.63) is 94.8 Å². The minimum absolute atomic E-state index is 0.0317. The molecule has 0 spiro atoms. The van der Waals surface area contributed by atoms with E-state index in [-0.39, 0.29) is 22.1 Å². The molecule has 0 bridgehead atoms. The van der Waals surface area contributed by atoms with Gasteiger partial charge in [0.05, 0.1) is 22.4 Å². The van der Waals surface area contributed by atoms with Gasteiger partial charge in [-0.15, -0.1) is 0 Å². The second kappa shape index (κ2) is 9.36. The van der Waals surface area contributed by atoms with Crippen molar-refractivity contribution in [1.82, 2.24) is 4.41 Å². The molecule has 0 amide bonds. The van der Waals surface area contributed by atoms with Crippen LogP contribution in [-0.2, 0) is 20.0 Å². The topological polar surface area (TPSA) is 95.9 Å². The number of sulfonamides is 2. The average molecular weight is 522 g/mol. The van der Waals surface area contributed by atoms with Crippen LogP contribution in [-0.4, -0.2) is 32.7 Å². The summed E-state index contributed by atoms with van der Waals surface area (Å²) < 4.78 is 67.9. The van der Waals surface area contributed by atoms with Crippen molar-refractivity contribution < 1.29 is 21.2 Å². The molecule has 0 saturated carbocycles. The van der Waals surface area contributed by atoms with Crippen molar-refractivity contribution >= 4 is 43.0 Å². The molecule has 178 valence electrons. The average Bonchev–Trinajstić information content (AvgIpc) is 3.26. The van der Waals surface area contributed by atoms with Crippen molar-refractivity contribution in [3.8, 4) is 0 Å². The van der Waals surface area contributed by atoms with Gasteiger partial charge in [-0.05, 0) is 60.5 Å². The summed E-state index contributed by atoms with van der Waals surface area (Å²) in [5, 5.41) is 4.66. The molecule has 0 unspecified atom stereocenters. The molecule has 0 fully saturated rings. The Labute approximate surface area is 203 Å². The SMILES string of the molecule is CCS(=O)(=O)Nc1ccc(C2=NN(S(=O)(=O)c3cccc(Cl)c3)[C@H](c3cccc(F)c3)C2)cc1. The molecule has 1 atom stereocenters. The number of nitrogens with zero attached hydrogens (tertiary/aromatic N) is 2. The quantitative estimate of drug-likeness (QED) is 0.484. The molecule has 11 heteroatoms. The number of halogens is 2. The molecule has 1 heterocycles. The predicted molar refractivity (Wildman–Crippen MR) is 130 cm³/mol. The van der Waals surface area contributed by atoms with Crippen LogP contribution < -0.4 is 4.72 Å². The summed E-state index contributed by atoms with van der Waals surface area (Å²) in [5.41, 5.74) is 1.92. The minimum atomic E-state index is -4.10. The normalized spacial score (nSPS) is 16.4. The van der Waals surface area contributed by atoms with E-state index < -0.39 is 31.9 Å². The number of rotatable bonds is 7. The predicted octanol–water partition coefficient (Wildman–Crippen LogP) is 4.78. The first-order valence-corrected chi connectivity index (χ1v) is 13.8. The van der Waals surface area contributed by atoms with E-state index in [9.17, 15) is 21.2 Å². The van der Waals surface area contributed by atoms with Gasteiger partial charge >= 0.3 is 0 Å². The maximum atomic E-state index is 14.0. The first-order chi connectivity index (χ1) is 16.1. The van der Waals surface area contributed by atoms with Crippen LogP contribution in [0.25, 0.3) is 0 Å². The van der Waals surface area contributed by atoms with Crippen LogP contribution in [0.5, 0.6) is 0 Å². The molecule has 0 aliphatic carbocycles. The molecular formula is C23H21ClFN3O4S2. The highest BCUT2D eigenvalue weighted by Gasteiger charge is 2.38. The fraction of sp³-hybridized carbons (Fsp3) is 0.174. The highest BCUT2D eigenvalue weighted by molar-refractivity contribution is 7.92. The highest BCUT2D eigenvalue weighted by atomic mass is 35.5. The molecule has 7 nitrogen and oxygen atoms in total. The molecule has 4 rings (SSSR count). The fourth-order valence-corrected chi connectivity index (χ4v) is 5.94. The lowest BCUT2D eigenvalue weighted by atomic mass is 9.99. The van der Waals surface area contributed by atoms with Gasteiger partial charge in [-0.3, -0.25) is 4.72 Å². The van der Waals surface area contributed by atoms with Crippen molar-refractivity contribution in [2.45, 2.75) is 24.3 Å². The number of hydrogen-bond donors (Lipinski definition) is 1. The summed E-state index contributed by atoms with van der Waals surface area (Å²) in [6.45, 7) is 1.53. The lowest BCUT2D eigenvalue weighted by molar-refractivity contribution is 0.370. The third-order valence-electron chi connectivity index (χ3n) is 5.32. The third kappa shape index (κ3) is 5.08. The van der Waals surface area contributed by atoms with Gasteiger partial charge in [0.1, 0.15) is 5.82 Å². The Morgan fingerprint density at radius 3 is 2.38 bits per heavy atom. The summed E-state index contributed by atoms with van der Waals surface area (Å²) in [7, 11) is -7.53. The minimum Gasteiger partial charge on any atom is -0.284 e.